The van der Waals surface area contributed by atoms with Gasteiger partial charge in [0.05, 0.1) is 5.01 Å². The molecule has 114 valence electrons. The standard InChI is InChI=1S/C16H29N3S/c1-4-9-19-10-6-15(7-11-19)14(3)17-8-5-16-18-13(2)12-20-16/h12,14-15,17H,4-11H2,1-3H3. The minimum atomic E-state index is 0.639. The Morgan fingerprint density at radius 2 is 2.20 bits per heavy atom. The fraction of sp³-hybridized carbons (Fsp3) is 0.812. The molecule has 1 aromatic heterocycles. The molecule has 3 nitrogen and oxygen atoms in total. The van der Waals surface area contributed by atoms with Gasteiger partial charge in [0, 0.05) is 30.1 Å². The van der Waals surface area contributed by atoms with E-state index in [1.165, 1.54) is 43.9 Å². The van der Waals surface area contributed by atoms with Crippen LogP contribution in [0.3, 0.4) is 0 Å². The lowest BCUT2D eigenvalue weighted by Gasteiger charge is -2.35. The van der Waals surface area contributed by atoms with Crippen molar-refractivity contribution >= 4 is 11.3 Å². The van der Waals surface area contributed by atoms with E-state index in [0.29, 0.717) is 6.04 Å². The highest BCUT2D eigenvalue weighted by atomic mass is 32.1. The lowest BCUT2D eigenvalue weighted by Crippen LogP contribution is -2.42. The zero-order valence-electron chi connectivity index (χ0n) is 13.2. The molecule has 2 heterocycles. The smallest absolute Gasteiger partial charge is 0.0940 e. The van der Waals surface area contributed by atoms with E-state index in [1.807, 2.05) is 0 Å². The summed E-state index contributed by atoms with van der Waals surface area (Å²) in [6, 6.07) is 0.639. The SMILES string of the molecule is CCCN1CCC(C(C)NCCc2nc(C)cs2)CC1. The van der Waals surface area contributed by atoms with Gasteiger partial charge in [-0.25, -0.2) is 4.98 Å². The maximum absolute atomic E-state index is 4.52. The van der Waals surface area contributed by atoms with Gasteiger partial charge in [-0.2, -0.15) is 0 Å². The first-order valence-electron chi connectivity index (χ1n) is 8.05. The molecule has 0 aliphatic carbocycles. The average Bonchev–Trinajstić information content (AvgIpc) is 2.85. The van der Waals surface area contributed by atoms with Crippen LogP contribution >= 0.6 is 11.3 Å². The fourth-order valence-electron chi connectivity index (χ4n) is 3.08. The Morgan fingerprint density at radius 1 is 1.45 bits per heavy atom. The summed E-state index contributed by atoms with van der Waals surface area (Å²) in [6.45, 7) is 11.6. The van der Waals surface area contributed by atoms with E-state index >= 15 is 0 Å². The van der Waals surface area contributed by atoms with Gasteiger partial charge in [0.2, 0.25) is 0 Å². The molecule has 1 atom stereocenters. The molecule has 2 rings (SSSR count). The van der Waals surface area contributed by atoms with Crippen LogP contribution in [0.2, 0.25) is 0 Å². The lowest BCUT2D eigenvalue weighted by atomic mass is 9.90. The molecule has 0 aromatic carbocycles. The van der Waals surface area contributed by atoms with Gasteiger partial charge in [-0.1, -0.05) is 6.92 Å². The van der Waals surface area contributed by atoms with E-state index in [-0.39, 0.29) is 0 Å². The summed E-state index contributed by atoms with van der Waals surface area (Å²) in [5.41, 5.74) is 1.15. The van der Waals surface area contributed by atoms with Crippen LogP contribution in [0, 0.1) is 12.8 Å². The zero-order chi connectivity index (χ0) is 14.4. The zero-order valence-corrected chi connectivity index (χ0v) is 14.0. The third-order valence-electron chi connectivity index (χ3n) is 4.35. The maximum Gasteiger partial charge on any atom is 0.0940 e. The summed E-state index contributed by atoms with van der Waals surface area (Å²) in [7, 11) is 0. The molecule has 4 heteroatoms. The van der Waals surface area contributed by atoms with Crippen LogP contribution in [-0.2, 0) is 6.42 Å². The predicted molar refractivity (Wildman–Crippen MR) is 87.5 cm³/mol. The van der Waals surface area contributed by atoms with Crippen molar-refractivity contribution in [2.75, 3.05) is 26.2 Å². The molecule has 0 spiro atoms. The van der Waals surface area contributed by atoms with Crippen molar-refractivity contribution in [3.05, 3.63) is 16.1 Å². The number of nitrogens with zero attached hydrogens (tertiary/aromatic N) is 2. The number of likely N-dealkylation sites (tertiary alicyclic amines) is 1. The number of thiazole rings is 1. The number of nitrogens with one attached hydrogen (secondary N) is 1. The van der Waals surface area contributed by atoms with E-state index in [9.17, 15) is 0 Å². The second-order valence-electron chi connectivity index (χ2n) is 6.05. The molecule has 0 amide bonds. The monoisotopic (exact) mass is 295 g/mol. The van der Waals surface area contributed by atoms with Crippen molar-refractivity contribution in [2.45, 2.75) is 52.5 Å². The average molecular weight is 295 g/mol. The van der Waals surface area contributed by atoms with E-state index in [2.05, 4.69) is 41.4 Å². The van der Waals surface area contributed by atoms with Crippen LogP contribution in [0.15, 0.2) is 5.38 Å². The van der Waals surface area contributed by atoms with Crippen LogP contribution in [0.25, 0.3) is 0 Å². The van der Waals surface area contributed by atoms with Crippen molar-refractivity contribution in [1.29, 1.82) is 0 Å². The van der Waals surface area contributed by atoms with Crippen LogP contribution in [0.4, 0.5) is 0 Å². The van der Waals surface area contributed by atoms with Crippen LogP contribution in [-0.4, -0.2) is 42.1 Å². The second-order valence-corrected chi connectivity index (χ2v) is 7.00. The predicted octanol–water partition coefficient (Wildman–Crippen LogP) is 3.09. The van der Waals surface area contributed by atoms with Crippen molar-refractivity contribution in [3.63, 3.8) is 0 Å². The van der Waals surface area contributed by atoms with Gasteiger partial charge in [0.25, 0.3) is 0 Å². The topological polar surface area (TPSA) is 28.2 Å². The highest BCUT2D eigenvalue weighted by Crippen LogP contribution is 2.20. The molecule has 1 fully saturated rings. The second kappa shape index (κ2) is 8.11. The van der Waals surface area contributed by atoms with Crippen molar-refractivity contribution in [1.82, 2.24) is 15.2 Å². The van der Waals surface area contributed by atoms with E-state index in [0.717, 1.165) is 24.6 Å². The number of hydrogen-bond acceptors (Lipinski definition) is 4. The summed E-state index contributed by atoms with van der Waals surface area (Å²) >= 11 is 1.78. The number of rotatable bonds is 7. The van der Waals surface area contributed by atoms with E-state index in [4.69, 9.17) is 0 Å². The Balaban J connectivity index is 1.64. The van der Waals surface area contributed by atoms with Gasteiger partial charge in [-0.15, -0.1) is 11.3 Å². The van der Waals surface area contributed by atoms with Gasteiger partial charge >= 0.3 is 0 Å². The number of aryl methyl sites for hydroxylation is 1. The molecule has 1 N–H and O–H groups in total. The number of hydrogen-bond donors (Lipinski definition) is 1. The largest absolute Gasteiger partial charge is 0.314 e. The first kappa shape index (κ1) is 15.9. The Morgan fingerprint density at radius 3 is 2.80 bits per heavy atom. The highest BCUT2D eigenvalue weighted by Gasteiger charge is 2.22. The first-order chi connectivity index (χ1) is 9.69. The fourth-order valence-corrected chi connectivity index (χ4v) is 3.86. The third kappa shape index (κ3) is 4.83. The molecule has 1 aromatic rings. The van der Waals surface area contributed by atoms with Crippen LogP contribution in [0.1, 0.15) is 43.8 Å². The number of piperidine rings is 1. The van der Waals surface area contributed by atoms with Crippen molar-refractivity contribution in [3.8, 4) is 0 Å². The van der Waals surface area contributed by atoms with Gasteiger partial charge in [-0.3, -0.25) is 0 Å². The molecule has 1 unspecified atom stereocenters. The summed E-state index contributed by atoms with van der Waals surface area (Å²) in [5, 5.41) is 7.11. The highest BCUT2D eigenvalue weighted by molar-refractivity contribution is 7.09. The summed E-state index contributed by atoms with van der Waals surface area (Å²) in [4.78, 5) is 7.13. The first-order valence-corrected chi connectivity index (χ1v) is 8.93. The molecule has 1 saturated heterocycles. The van der Waals surface area contributed by atoms with Gasteiger partial charge < -0.3 is 10.2 Å². The summed E-state index contributed by atoms with van der Waals surface area (Å²) in [5.74, 6) is 0.848. The lowest BCUT2D eigenvalue weighted by molar-refractivity contribution is 0.163. The molecule has 1 aliphatic rings. The van der Waals surface area contributed by atoms with Gasteiger partial charge in [0.1, 0.15) is 0 Å². The van der Waals surface area contributed by atoms with Gasteiger partial charge in [-0.05, 0) is 58.7 Å². The van der Waals surface area contributed by atoms with Gasteiger partial charge in [0.15, 0.2) is 0 Å². The Labute approximate surface area is 127 Å². The number of aromatic nitrogens is 1. The quantitative estimate of drug-likeness (QED) is 0.838. The Hall–Kier alpha value is -0.450. The Bertz CT molecular complexity index is 383. The molecule has 20 heavy (non-hydrogen) atoms. The molecular weight excluding hydrogens is 266 g/mol. The van der Waals surface area contributed by atoms with Crippen LogP contribution < -0.4 is 5.32 Å². The summed E-state index contributed by atoms with van der Waals surface area (Å²) < 4.78 is 0. The summed E-state index contributed by atoms with van der Waals surface area (Å²) in [6.07, 6.45) is 5.05. The third-order valence-corrected chi connectivity index (χ3v) is 5.38. The molecular formula is C16H29N3S. The minimum Gasteiger partial charge on any atom is -0.314 e. The minimum absolute atomic E-state index is 0.639. The normalized spacial score (nSPS) is 19.4. The van der Waals surface area contributed by atoms with E-state index in [1.54, 1.807) is 11.3 Å². The maximum atomic E-state index is 4.52. The molecule has 1 aliphatic heterocycles. The molecule has 0 saturated carbocycles. The molecule has 0 bridgehead atoms. The van der Waals surface area contributed by atoms with E-state index < -0.39 is 0 Å². The van der Waals surface area contributed by atoms with Crippen molar-refractivity contribution < 1.29 is 0 Å². The Kier molecular flexibility index (Phi) is 6.46. The van der Waals surface area contributed by atoms with Crippen molar-refractivity contribution in [2.24, 2.45) is 5.92 Å². The molecule has 0 radical (unpaired) electrons. The van der Waals surface area contributed by atoms with Crippen LogP contribution in [0.5, 0.6) is 0 Å².